The minimum Gasteiger partial charge on any atom is -0.465 e. The normalized spacial score (nSPS) is 12.5. The zero-order chi connectivity index (χ0) is 21.1. The van der Waals surface area contributed by atoms with Crippen LogP contribution in [0.25, 0.3) is 11.0 Å². The minimum atomic E-state index is -0.623. The van der Waals surface area contributed by atoms with Crippen LogP contribution in [0, 0.1) is 17.3 Å². The standard InChI is InChI=1S/C24H23N3O3.2ClH/c1-2-29-24(28)20(5-3-4-15-6-7-17-13-27-14-19(17)10-15)22-12-18-11-16(23(25)26)8-9-21(18)30-22;;/h6-12,20,27H,2,5,13-14H2,1H3,(H3,25,26);2*1H. The molecule has 0 bridgehead atoms. The van der Waals surface area contributed by atoms with Gasteiger partial charge in [-0.2, -0.15) is 0 Å². The summed E-state index contributed by atoms with van der Waals surface area (Å²) < 4.78 is 11.2. The average Bonchev–Trinajstić information content (AvgIpc) is 3.36. The van der Waals surface area contributed by atoms with Crippen molar-refractivity contribution in [2.24, 2.45) is 5.73 Å². The number of nitrogens with two attached hydrogens (primary N) is 1. The molecule has 0 aliphatic carbocycles. The van der Waals surface area contributed by atoms with Crippen LogP contribution in [0.15, 0.2) is 46.9 Å². The van der Waals surface area contributed by atoms with Crippen LogP contribution in [0.5, 0.6) is 0 Å². The molecule has 0 fully saturated rings. The highest BCUT2D eigenvalue weighted by molar-refractivity contribution is 5.98. The van der Waals surface area contributed by atoms with E-state index in [2.05, 4.69) is 29.3 Å². The molecular weight excluding hydrogens is 449 g/mol. The fourth-order valence-corrected chi connectivity index (χ4v) is 3.57. The summed E-state index contributed by atoms with van der Waals surface area (Å²) in [4.78, 5) is 12.6. The molecule has 2 aromatic carbocycles. The summed E-state index contributed by atoms with van der Waals surface area (Å²) >= 11 is 0. The maximum atomic E-state index is 12.6. The van der Waals surface area contributed by atoms with Gasteiger partial charge in [-0.3, -0.25) is 10.2 Å². The summed E-state index contributed by atoms with van der Waals surface area (Å²) in [7, 11) is 0. The van der Waals surface area contributed by atoms with Crippen LogP contribution < -0.4 is 11.1 Å². The number of carbonyl (C=O) groups excluding carboxylic acids is 1. The van der Waals surface area contributed by atoms with Crippen LogP contribution in [-0.4, -0.2) is 18.4 Å². The summed E-state index contributed by atoms with van der Waals surface area (Å²) in [6.45, 7) is 3.81. The average molecular weight is 474 g/mol. The van der Waals surface area contributed by atoms with Crippen molar-refractivity contribution in [2.75, 3.05) is 6.61 Å². The van der Waals surface area contributed by atoms with Crippen LogP contribution in [0.2, 0.25) is 0 Å². The van der Waals surface area contributed by atoms with E-state index in [0.29, 0.717) is 16.9 Å². The van der Waals surface area contributed by atoms with Crippen LogP contribution in [-0.2, 0) is 22.6 Å². The topological polar surface area (TPSA) is 101 Å². The molecule has 1 aliphatic heterocycles. The van der Waals surface area contributed by atoms with Crippen molar-refractivity contribution < 1.29 is 13.9 Å². The van der Waals surface area contributed by atoms with Gasteiger partial charge in [-0.25, -0.2) is 0 Å². The highest BCUT2D eigenvalue weighted by Gasteiger charge is 2.25. The number of halogens is 2. The van der Waals surface area contributed by atoms with E-state index in [1.165, 1.54) is 11.1 Å². The molecule has 3 aromatic rings. The Labute approximate surface area is 199 Å². The van der Waals surface area contributed by atoms with Gasteiger partial charge in [0.25, 0.3) is 0 Å². The number of nitrogen functional groups attached to an aromatic ring is 1. The number of benzene rings is 2. The monoisotopic (exact) mass is 473 g/mol. The number of carbonyl (C=O) groups is 1. The number of esters is 1. The lowest BCUT2D eigenvalue weighted by molar-refractivity contribution is -0.145. The van der Waals surface area contributed by atoms with E-state index in [-0.39, 0.29) is 49.6 Å². The Morgan fingerprint density at radius 1 is 1.19 bits per heavy atom. The van der Waals surface area contributed by atoms with Crippen LogP contribution in [0.3, 0.4) is 0 Å². The van der Waals surface area contributed by atoms with E-state index in [0.717, 1.165) is 24.0 Å². The SMILES string of the molecule is CCOC(=O)C(CC#Cc1ccc2c(c1)CNC2)c1cc2cc(C(=N)N)ccc2o1.Cl.Cl. The van der Waals surface area contributed by atoms with Gasteiger partial charge in [-0.15, -0.1) is 24.8 Å². The number of furan rings is 1. The second kappa shape index (κ2) is 11.1. The Morgan fingerprint density at radius 3 is 2.72 bits per heavy atom. The molecule has 1 atom stereocenters. The first-order valence-electron chi connectivity index (χ1n) is 9.91. The molecule has 2 heterocycles. The maximum absolute atomic E-state index is 12.6. The van der Waals surface area contributed by atoms with E-state index in [9.17, 15) is 4.79 Å². The smallest absolute Gasteiger partial charge is 0.317 e. The Hall–Kier alpha value is -2.98. The Kier molecular flexibility index (Phi) is 8.73. The predicted molar refractivity (Wildman–Crippen MR) is 130 cm³/mol. The molecule has 4 N–H and O–H groups in total. The van der Waals surface area contributed by atoms with E-state index in [4.69, 9.17) is 20.3 Å². The first kappa shape index (κ1) is 25.3. The molecule has 0 saturated heterocycles. The van der Waals surface area contributed by atoms with Gasteiger partial charge in [0.2, 0.25) is 0 Å². The molecule has 0 amide bonds. The zero-order valence-electron chi connectivity index (χ0n) is 17.6. The molecule has 6 nitrogen and oxygen atoms in total. The van der Waals surface area contributed by atoms with E-state index in [1.807, 2.05) is 6.07 Å². The van der Waals surface area contributed by atoms with E-state index < -0.39 is 5.92 Å². The van der Waals surface area contributed by atoms with Crippen LogP contribution >= 0.6 is 24.8 Å². The lowest BCUT2D eigenvalue weighted by atomic mass is 10.0. The first-order chi connectivity index (χ1) is 14.5. The van der Waals surface area contributed by atoms with Gasteiger partial charge in [0, 0.05) is 36.0 Å². The third-order valence-electron chi connectivity index (χ3n) is 5.14. The van der Waals surface area contributed by atoms with Crippen molar-refractivity contribution in [3.8, 4) is 11.8 Å². The molecular formula is C24H25Cl2N3O3. The first-order valence-corrected chi connectivity index (χ1v) is 9.91. The molecule has 168 valence electrons. The third-order valence-corrected chi connectivity index (χ3v) is 5.14. The lowest BCUT2D eigenvalue weighted by Gasteiger charge is -2.10. The number of hydrogen-bond acceptors (Lipinski definition) is 5. The van der Waals surface area contributed by atoms with Gasteiger partial charge in [0.1, 0.15) is 23.1 Å². The van der Waals surface area contributed by atoms with Gasteiger partial charge in [0.15, 0.2) is 0 Å². The maximum Gasteiger partial charge on any atom is 0.317 e. The van der Waals surface area contributed by atoms with Gasteiger partial charge >= 0.3 is 5.97 Å². The Balaban J connectivity index is 0.00000181. The number of ether oxygens (including phenoxy) is 1. The molecule has 0 spiro atoms. The van der Waals surface area contributed by atoms with E-state index >= 15 is 0 Å². The number of hydrogen-bond donors (Lipinski definition) is 3. The van der Waals surface area contributed by atoms with Gasteiger partial charge < -0.3 is 20.2 Å². The highest BCUT2D eigenvalue weighted by atomic mass is 35.5. The second-order valence-corrected chi connectivity index (χ2v) is 7.21. The molecule has 1 aliphatic rings. The van der Waals surface area contributed by atoms with Crippen LogP contribution in [0.4, 0.5) is 0 Å². The minimum absolute atomic E-state index is 0. The number of fused-ring (bicyclic) bond motifs is 2. The largest absolute Gasteiger partial charge is 0.465 e. The number of amidine groups is 1. The summed E-state index contributed by atoms with van der Waals surface area (Å²) in [5.74, 6) is 5.77. The van der Waals surface area contributed by atoms with Crippen molar-refractivity contribution in [1.82, 2.24) is 5.32 Å². The lowest BCUT2D eigenvalue weighted by Crippen LogP contribution is -2.15. The third kappa shape index (κ3) is 5.43. The molecule has 0 radical (unpaired) electrons. The molecule has 4 rings (SSSR count). The van der Waals surface area contributed by atoms with Crippen molar-refractivity contribution in [3.63, 3.8) is 0 Å². The zero-order valence-corrected chi connectivity index (χ0v) is 19.2. The van der Waals surface area contributed by atoms with Crippen molar-refractivity contribution in [3.05, 3.63) is 70.5 Å². The van der Waals surface area contributed by atoms with Crippen molar-refractivity contribution >= 4 is 47.6 Å². The van der Waals surface area contributed by atoms with E-state index in [1.54, 1.807) is 31.2 Å². The summed E-state index contributed by atoms with van der Waals surface area (Å²) in [6, 6.07) is 13.2. The molecule has 0 saturated carbocycles. The highest BCUT2D eigenvalue weighted by Crippen LogP contribution is 2.29. The van der Waals surface area contributed by atoms with Crippen molar-refractivity contribution in [2.45, 2.75) is 32.4 Å². The number of rotatable bonds is 5. The quantitative estimate of drug-likeness (QED) is 0.222. The molecule has 1 aromatic heterocycles. The predicted octanol–water partition coefficient (Wildman–Crippen LogP) is 4.25. The Morgan fingerprint density at radius 2 is 1.97 bits per heavy atom. The summed E-state index contributed by atoms with van der Waals surface area (Å²) in [5, 5.41) is 11.7. The molecule has 1 unspecified atom stereocenters. The van der Waals surface area contributed by atoms with Gasteiger partial charge in [-0.1, -0.05) is 17.9 Å². The molecule has 32 heavy (non-hydrogen) atoms. The van der Waals surface area contributed by atoms with Gasteiger partial charge in [0.05, 0.1) is 6.61 Å². The Bertz CT molecular complexity index is 1190. The number of nitrogens with one attached hydrogen (secondary N) is 2. The van der Waals surface area contributed by atoms with Crippen LogP contribution in [0.1, 0.15) is 47.3 Å². The summed E-state index contributed by atoms with van der Waals surface area (Å²) in [6.07, 6.45) is 0.285. The fourth-order valence-electron chi connectivity index (χ4n) is 3.57. The second-order valence-electron chi connectivity index (χ2n) is 7.21. The van der Waals surface area contributed by atoms with Crippen molar-refractivity contribution in [1.29, 1.82) is 5.41 Å². The summed E-state index contributed by atoms with van der Waals surface area (Å²) in [5.41, 5.74) is 10.3. The fraction of sp³-hybridized carbons (Fsp3) is 0.250. The molecule has 8 heteroatoms. The van der Waals surface area contributed by atoms with Gasteiger partial charge in [-0.05, 0) is 54.4 Å².